The standard InChI is InChI=1S/C12H15ClN2O2/c13-10-6-3-7-11(12(10)15(16)17)14-8-9-4-1-2-5-9/h3,6-7,9,14H,1-2,4-5,8H2. The Hall–Kier alpha value is -1.29. The molecule has 2 rings (SSSR count). The summed E-state index contributed by atoms with van der Waals surface area (Å²) < 4.78 is 0. The van der Waals surface area contributed by atoms with Gasteiger partial charge in [0, 0.05) is 6.54 Å². The summed E-state index contributed by atoms with van der Waals surface area (Å²) in [5.41, 5.74) is 0.501. The molecule has 1 saturated carbocycles. The molecule has 0 saturated heterocycles. The normalized spacial score (nSPS) is 16.1. The zero-order chi connectivity index (χ0) is 12.3. The zero-order valence-electron chi connectivity index (χ0n) is 9.49. The molecule has 0 radical (unpaired) electrons. The summed E-state index contributed by atoms with van der Waals surface area (Å²) in [5, 5.41) is 14.3. The second kappa shape index (κ2) is 5.36. The predicted octanol–water partition coefficient (Wildman–Crippen LogP) is 3.85. The lowest BCUT2D eigenvalue weighted by Gasteiger charge is -2.12. The molecule has 0 amide bonds. The van der Waals surface area contributed by atoms with E-state index in [1.54, 1.807) is 18.2 Å². The molecule has 1 aliphatic rings. The van der Waals surface area contributed by atoms with E-state index in [2.05, 4.69) is 5.32 Å². The molecule has 0 bridgehead atoms. The van der Waals surface area contributed by atoms with Crippen molar-refractivity contribution in [1.29, 1.82) is 0 Å². The molecule has 4 nitrogen and oxygen atoms in total. The third-order valence-corrected chi connectivity index (χ3v) is 3.53. The summed E-state index contributed by atoms with van der Waals surface area (Å²) in [5.74, 6) is 0.633. The lowest BCUT2D eigenvalue weighted by molar-refractivity contribution is -0.383. The number of nitro groups is 1. The fourth-order valence-electron chi connectivity index (χ4n) is 2.31. The van der Waals surface area contributed by atoms with Crippen LogP contribution in [0.4, 0.5) is 11.4 Å². The minimum absolute atomic E-state index is 0.0211. The number of hydrogen-bond acceptors (Lipinski definition) is 3. The van der Waals surface area contributed by atoms with E-state index >= 15 is 0 Å². The van der Waals surface area contributed by atoms with Crippen LogP contribution in [0.25, 0.3) is 0 Å². The van der Waals surface area contributed by atoms with E-state index in [9.17, 15) is 10.1 Å². The molecule has 0 heterocycles. The first-order chi connectivity index (χ1) is 8.18. The van der Waals surface area contributed by atoms with Gasteiger partial charge >= 0.3 is 5.69 Å². The Labute approximate surface area is 105 Å². The monoisotopic (exact) mass is 254 g/mol. The average molecular weight is 255 g/mol. The number of anilines is 1. The van der Waals surface area contributed by atoms with Crippen molar-refractivity contribution >= 4 is 23.0 Å². The van der Waals surface area contributed by atoms with E-state index in [4.69, 9.17) is 11.6 Å². The van der Waals surface area contributed by atoms with Crippen LogP contribution in [-0.4, -0.2) is 11.5 Å². The summed E-state index contributed by atoms with van der Waals surface area (Å²) in [7, 11) is 0. The molecule has 0 aromatic heterocycles. The van der Waals surface area contributed by atoms with Gasteiger partial charge < -0.3 is 5.32 Å². The van der Waals surface area contributed by atoms with E-state index < -0.39 is 4.92 Å². The highest BCUT2D eigenvalue weighted by Crippen LogP contribution is 2.33. The van der Waals surface area contributed by atoms with Gasteiger partial charge in [0.25, 0.3) is 0 Å². The van der Waals surface area contributed by atoms with Crippen molar-refractivity contribution in [3.63, 3.8) is 0 Å². The lowest BCUT2D eigenvalue weighted by Crippen LogP contribution is -2.12. The summed E-state index contributed by atoms with van der Waals surface area (Å²) in [6, 6.07) is 4.98. The second-order valence-electron chi connectivity index (χ2n) is 4.42. The van der Waals surface area contributed by atoms with Crippen LogP contribution in [0, 0.1) is 16.0 Å². The van der Waals surface area contributed by atoms with Gasteiger partial charge in [-0.25, -0.2) is 0 Å². The molecule has 1 aromatic rings. The Kier molecular flexibility index (Phi) is 3.84. The molecular formula is C12H15ClN2O2. The Balaban J connectivity index is 2.09. The van der Waals surface area contributed by atoms with Crippen LogP contribution in [0.3, 0.4) is 0 Å². The molecule has 0 spiro atoms. The summed E-state index contributed by atoms with van der Waals surface area (Å²) in [6.07, 6.45) is 4.96. The van der Waals surface area contributed by atoms with E-state index in [0.29, 0.717) is 11.6 Å². The second-order valence-corrected chi connectivity index (χ2v) is 4.83. The zero-order valence-corrected chi connectivity index (χ0v) is 10.2. The molecule has 5 heteroatoms. The third-order valence-electron chi connectivity index (χ3n) is 3.23. The largest absolute Gasteiger partial charge is 0.379 e. The summed E-state index contributed by atoms with van der Waals surface area (Å²) in [4.78, 5) is 10.5. The van der Waals surface area contributed by atoms with Gasteiger partial charge in [-0.15, -0.1) is 0 Å². The summed E-state index contributed by atoms with van der Waals surface area (Å²) >= 11 is 5.84. The molecule has 1 N–H and O–H groups in total. The van der Waals surface area contributed by atoms with Gasteiger partial charge in [0.1, 0.15) is 10.7 Å². The predicted molar refractivity (Wildman–Crippen MR) is 68.6 cm³/mol. The van der Waals surface area contributed by atoms with Crippen molar-refractivity contribution in [2.75, 3.05) is 11.9 Å². The molecule has 92 valence electrons. The van der Waals surface area contributed by atoms with Crippen LogP contribution in [0.1, 0.15) is 25.7 Å². The number of nitrogens with zero attached hydrogens (tertiary/aromatic N) is 1. The first-order valence-electron chi connectivity index (χ1n) is 5.85. The Morgan fingerprint density at radius 3 is 2.76 bits per heavy atom. The average Bonchev–Trinajstić information content (AvgIpc) is 2.78. The van der Waals surface area contributed by atoms with Crippen molar-refractivity contribution in [2.45, 2.75) is 25.7 Å². The maximum absolute atomic E-state index is 10.9. The number of benzene rings is 1. The van der Waals surface area contributed by atoms with Gasteiger partial charge in [-0.05, 0) is 30.9 Å². The van der Waals surface area contributed by atoms with Crippen molar-refractivity contribution < 1.29 is 4.92 Å². The number of para-hydroxylation sites is 1. The fourth-order valence-corrected chi connectivity index (χ4v) is 2.56. The molecular weight excluding hydrogens is 240 g/mol. The van der Waals surface area contributed by atoms with E-state index in [1.807, 2.05) is 0 Å². The third kappa shape index (κ3) is 2.88. The molecule has 0 aliphatic heterocycles. The lowest BCUT2D eigenvalue weighted by atomic mass is 10.1. The highest BCUT2D eigenvalue weighted by Gasteiger charge is 2.20. The van der Waals surface area contributed by atoms with Gasteiger partial charge in [0.15, 0.2) is 0 Å². The van der Waals surface area contributed by atoms with Gasteiger partial charge in [-0.3, -0.25) is 10.1 Å². The maximum atomic E-state index is 10.9. The molecule has 1 fully saturated rings. The van der Waals surface area contributed by atoms with Crippen molar-refractivity contribution in [1.82, 2.24) is 0 Å². The van der Waals surface area contributed by atoms with Crippen LogP contribution in [0.5, 0.6) is 0 Å². The Morgan fingerprint density at radius 1 is 1.41 bits per heavy atom. The minimum Gasteiger partial charge on any atom is -0.379 e. The van der Waals surface area contributed by atoms with E-state index in [-0.39, 0.29) is 10.7 Å². The van der Waals surface area contributed by atoms with Crippen LogP contribution >= 0.6 is 11.6 Å². The first-order valence-corrected chi connectivity index (χ1v) is 6.23. The first kappa shape index (κ1) is 12.2. The number of hydrogen-bond donors (Lipinski definition) is 1. The van der Waals surface area contributed by atoms with Crippen molar-refractivity contribution in [2.24, 2.45) is 5.92 Å². The highest BCUT2D eigenvalue weighted by molar-refractivity contribution is 6.33. The topological polar surface area (TPSA) is 55.2 Å². The van der Waals surface area contributed by atoms with Crippen LogP contribution < -0.4 is 5.32 Å². The molecule has 17 heavy (non-hydrogen) atoms. The number of rotatable bonds is 4. The highest BCUT2D eigenvalue weighted by atomic mass is 35.5. The fraction of sp³-hybridized carbons (Fsp3) is 0.500. The molecule has 1 aliphatic carbocycles. The van der Waals surface area contributed by atoms with Crippen LogP contribution in [-0.2, 0) is 0 Å². The van der Waals surface area contributed by atoms with E-state index in [1.165, 1.54) is 25.7 Å². The van der Waals surface area contributed by atoms with Gasteiger partial charge in [0.2, 0.25) is 0 Å². The smallest absolute Gasteiger partial charge is 0.310 e. The van der Waals surface area contributed by atoms with Crippen molar-refractivity contribution in [3.05, 3.63) is 33.3 Å². The van der Waals surface area contributed by atoms with E-state index in [0.717, 1.165) is 6.54 Å². The minimum atomic E-state index is -0.431. The number of halogens is 1. The Morgan fingerprint density at radius 2 is 2.12 bits per heavy atom. The van der Waals surface area contributed by atoms with Gasteiger partial charge in [-0.2, -0.15) is 0 Å². The number of nitro benzene ring substituents is 1. The molecule has 0 atom stereocenters. The molecule has 1 aromatic carbocycles. The summed E-state index contributed by atoms with van der Waals surface area (Å²) in [6.45, 7) is 0.793. The Bertz CT molecular complexity index is 417. The quantitative estimate of drug-likeness (QED) is 0.656. The number of nitrogens with one attached hydrogen (secondary N) is 1. The van der Waals surface area contributed by atoms with Gasteiger partial charge in [-0.1, -0.05) is 30.5 Å². The SMILES string of the molecule is O=[N+]([O-])c1c(Cl)cccc1NCC1CCCC1. The van der Waals surface area contributed by atoms with Gasteiger partial charge in [0.05, 0.1) is 4.92 Å². The van der Waals surface area contributed by atoms with Crippen molar-refractivity contribution in [3.8, 4) is 0 Å². The van der Waals surface area contributed by atoms with Crippen LogP contribution in [0.15, 0.2) is 18.2 Å². The maximum Gasteiger partial charge on any atom is 0.310 e. The van der Waals surface area contributed by atoms with Crippen LogP contribution in [0.2, 0.25) is 5.02 Å². The molecule has 0 unspecified atom stereocenters.